The Kier molecular flexibility index (Phi) is 4.05. The highest BCUT2D eigenvalue weighted by Gasteiger charge is 2.33. The van der Waals surface area contributed by atoms with Gasteiger partial charge in [0.05, 0.1) is 18.8 Å². The summed E-state index contributed by atoms with van der Waals surface area (Å²) in [7, 11) is 0. The van der Waals surface area contributed by atoms with E-state index in [2.05, 4.69) is 5.10 Å². The Bertz CT molecular complexity index is 465. The smallest absolute Gasteiger partial charge is 0.252 e. The first-order chi connectivity index (χ1) is 9.74. The van der Waals surface area contributed by atoms with Crippen LogP contribution in [0, 0.1) is 6.92 Å². The molecule has 2 aliphatic rings. The quantitative estimate of drug-likeness (QED) is 0.845. The summed E-state index contributed by atoms with van der Waals surface area (Å²) in [5.74, 6) is 0.191. The lowest BCUT2D eigenvalue weighted by atomic mass is 10.0. The number of carbonyl (C=O) groups is 1. The van der Waals surface area contributed by atoms with E-state index in [9.17, 15) is 4.79 Å². The number of carbonyl (C=O) groups excluding carboxylic acids is 1. The number of amides is 1. The van der Waals surface area contributed by atoms with Crippen LogP contribution in [0.2, 0.25) is 0 Å². The maximum absolute atomic E-state index is 12.6. The van der Waals surface area contributed by atoms with Crippen LogP contribution in [0.15, 0.2) is 12.4 Å². The number of aromatic nitrogens is 2. The first kappa shape index (κ1) is 13.6. The zero-order valence-corrected chi connectivity index (χ0v) is 12.1. The zero-order valence-electron chi connectivity index (χ0n) is 12.1. The molecule has 2 fully saturated rings. The van der Waals surface area contributed by atoms with E-state index in [0.29, 0.717) is 0 Å². The summed E-state index contributed by atoms with van der Waals surface area (Å²) in [5.41, 5.74) is 1.16. The third kappa shape index (κ3) is 2.87. The summed E-state index contributed by atoms with van der Waals surface area (Å²) in [6.07, 6.45) is 8.97. The molecule has 1 aromatic rings. The van der Waals surface area contributed by atoms with Crippen molar-refractivity contribution in [1.29, 1.82) is 0 Å². The number of ether oxygens (including phenoxy) is 1. The van der Waals surface area contributed by atoms with Crippen molar-refractivity contribution in [3.05, 3.63) is 18.0 Å². The summed E-state index contributed by atoms with van der Waals surface area (Å²) >= 11 is 0. The minimum absolute atomic E-state index is 0.191. The molecule has 2 aliphatic heterocycles. The van der Waals surface area contributed by atoms with E-state index >= 15 is 0 Å². The number of nitrogens with zero attached hydrogens (tertiary/aromatic N) is 3. The van der Waals surface area contributed by atoms with Gasteiger partial charge in [-0.05, 0) is 44.6 Å². The van der Waals surface area contributed by atoms with Crippen molar-refractivity contribution >= 4 is 5.91 Å². The Morgan fingerprint density at radius 1 is 1.40 bits per heavy atom. The third-order valence-corrected chi connectivity index (χ3v) is 4.28. The van der Waals surface area contributed by atoms with E-state index in [-0.39, 0.29) is 18.1 Å². The van der Waals surface area contributed by atoms with E-state index in [4.69, 9.17) is 4.74 Å². The van der Waals surface area contributed by atoms with Gasteiger partial charge in [0.2, 0.25) is 0 Å². The lowest BCUT2D eigenvalue weighted by molar-refractivity contribution is -0.145. The predicted octanol–water partition coefficient (Wildman–Crippen LogP) is 1.75. The molecule has 0 N–H and O–H groups in total. The lowest BCUT2D eigenvalue weighted by Gasteiger charge is -2.37. The molecule has 0 aromatic carbocycles. The highest BCUT2D eigenvalue weighted by molar-refractivity contribution is 5.81. The van der Waals surface area contributed by atoms with Crippen LogP contribution in [0.5, 0.6) is 0 Å². The van der Waals surface area contributed by atoms with Gasteiger partial charge in [0.1, 0.15) is 6.10 Å². The van der Waals surface area contributed by atoms with E-state index in [0.717, 1.165) is 50.9 Å². The molecule has 1 aromatic heterocycles. The van der Waals surface area contributed by atoms with Gasteiger partial charge in [0.25, 0.3) is 5.91 Å². The van der Waals surface area contributed by atoms with Crippen LogP contribution in [-0.4, -0.2) is 45.9 Å². The minimum atomic E-state index is -0.199. The monoisotopic (exact) mass is 277 g/mol. The van der Waals surface area contributed by atoms with Gasteiger partial charge in [-0.3, -0.25) is 9.48 Å². The van der Waals surface area contributed by atoms with Crippen LogP contribution in [0.3, 0.4) is 0 Å². The van der Waals surface area contributed by atoms with Gasteiger partial charge >= 0.3 is 0 Å². The predicted molar refractivity (Wildman–Crippen MR) is 75.3 cm³/mol. The van der Waals surface area contributed by atoms with Crippen LogP contribution in [-0.2, 0) is 16.1 Å². The summed E-state index contributed by atoms with van der Waals surface area (Å²) < 4.78 is 7.52. The average molecular weight is 277 g/mol. The maximum atomic E-state index is 12.6. The molecule has 0 radical (unpaired) electrons. The van der Waals surface area contributed by atoms with Gasteiger partial charge < -0.3 is 9.64 Å². The molecule has 2 saturated heterocycles. The Hall–Kier alpha value is -1.36. The van der Waals surface area contributed by atoms with Gasteiger partial charge in [-0.1, -0.05) is 0 Å². The molecule has 1 amide bonds. The van der Waals surface area contributed by atoms with Crippen molar-refractivity contribution < 1.29 is 9.53 Å². The molecule has 3 rings (SSSR count). The number of aryl methyl sites for hydroxylation is 1. The van der Waals surface area contributed by atoms with Crippen molar-refractivity contribution in [1.82, 2.24) is 14.7 Å². The molecule has 5 heteroatoms. The molecule has 5 nitrogen and oxygen atoms in total. The molecule has 2 unspecified atom stereocenters. The molecule has 2 atom stereocenters. The van der Waals surface area contributed by atoms with Gasteiger partial charge in [0.15, 0.2) is 0 Å². The van der Waals surface area contributed by atoms with Gasteiger partial charge in [-0.2, -0.15) is 5.10 Å². The van der Waals surface area contributed by atoms with Gasteiger partial charge in [0, 0.05) is 19.3 Å². The second-order valence-electron chi connectivity index (χ2n) is 5.92. The van der Waals surface area contributed by atoms with Crippen molar-refractivity contribution in [3.63, 3.8) is 0 Å². The van der Waals surface area contributed by atoms with Crippen LogP contribution in [0.25, 0.3) is 0 Å². The first-order valence-electron chi connectivity index (χ1n) is 7.65. The summed E-state index contributed by atoms with van der Waals surface area (Å²) in [6, 6.07) is 0.264. The van der Waals surface area contributed by atoms with Crippen molar-refractivity contribution in [2.45, 2.75) is 57.7 Å². The molecular formula is C15H23N3O2. The van der Waals surface area contributed by atoms with E-state index in [1.165, 1.54) is 6.42 Å². The summed E-state index contributed by atoms with van der Waals surface area (Å²) in [4.78, 5) is 14.6. The highest BCUT2D eigenvalue weighted by atomic mass is 16.5. The number of hydrogen-bond acceptors (Lipinski definition) is 3. The van der Waals surface area contributed by atoms with Crippen molar-refractivity contribution in [3.8, 4) is 0 Å². The molecule has 20 heavy (non-hydrogen) atoms. The Labute approximate surface area is 119 Å². The highest BCUT2D eigenvalue weighted by Crippen LogP contribution is 2.23. The minimum Gasteiger partial charge on any atom is -0.368 e. The normalized spacial score (nSPS) is 26.9. The largest absolute Gasteiger partial charge is 0.368 e. The second kappa shape index (κ2) is 5.95. The van der Waals surface area contributed by atoms with Crippen LogP contribution in [0.1, 0.15) is 37.7 Å². The fourth-order valence-electron chi connectivity index (χ4n) is 3.22. The molecule has 0 bridgehead atoms. The second-order valence-corrected chi connectivity index (χ2v) is 5.92. The SMILES string of the molecule is Cc1cnn(CC2CCCCN2C(=O)C2CCCO2)c1. The van der Waals surface area contributed by atoms with E-state index in [1.54, 1.807) is 0 Å². The fourth-order valence-corrected chi connectivity index (χ4v) is 3.22. The summed E-state index contributed by atoms with van der Waals surface area (Å²) in [5, 5.41) is 4.35. The number of likely N-dealkylation sites (tertiary alicyclic amines) is 1. The Morgan fingerprint density at radius 2 is 2.30 bits per heavy atom. The standard InChI is InChI=1S/C15H23N3O2/c1-12-9-16-17(10-12)11-13-5-2-3-7-18(13)15(19)14-6-4-8-20-14/h9-10,13-14H,2-8,11H2,1H3. The molecular weight excluding hydrogens is 254 g/mol. The van der Waals surface area contributed by atoms with Crippen LogP contribution in [0.4, 0.5) is 0 Å². The van der Waals surface area contributed by atoms with Gasteiger partial charge in [-0.15, -0.1) is 0 Å². The van der Waals surface area contributed by atoms with E-state index < -0.39 is 0 Å². The lowest BCUT2D eigenvalue weighted by Crippen LogP contribution is -2.49. The maximum Gasteiger partial charge on any atom is 0.252 e. The number of rotatable bonds is 3. The van der Waals surface area contributed by atoms with Gasteiger partial charge in [-0.25, -0.2) is 0 Å². The molecule has 110 valence electrons. The topological polar surface area (TPSA) is 47.4 Å². The third-order valence-electron chi connectivity index (χ3n) is 4.28. The van der Waals surface area contributed by atoms with Crippen LogP contribution >= 0.6 is 0 Å². The molecule has 3 heterocycles. The Morgan fingerprint density at radius 3 is 3.00 bits per heavy atom. The molecule has 0 spiro atoms. The van der Waals surface area contributed by atoms with Crippen LogP contribution < -0.4 is 0 Å². The molecule has 0 aliphatic carbocycles. The molecule has 0 saturated carbocycles. The van der Waals surface area contributed by atoms with Crippen molar-refractivity contribution in [2.75, 3.05) is 13.2 Å². The zero-order chi connectivity index (χ0) is 13.9. The summed E-state index contributed by atoms with van der Waals surface area (Å²) in [6.45, 7) is 4.43. The average Bonchev–Trinajstić information content (AvgIpc) is 3.10. The first-order valence-corrected chi connectivity index (χ1v) is 7.65. The fraction of sp³-hybridized carbons (Fsp3) is 0.733. The van der Waals surface area contributed by atoms with Crippen molar-refractivity contribution in [2.24, 2.45) is 0 Å². The number of piperidine rings is 1. The number of hydrogen-bond donors (Lipinski definition) is 0. The Balaban J connectivity index is 1.68. The van der Waals surface area contributed by atoms with E-state index in [1.807, 2.05) is 28.9 Å².